The third kappa shape index (κ3) is 4.51. The van der Waals surface area contributed by atoms with Crippen LogP contribution in [0, 0.1) is 0 Å². The molecule has 2 rings (SSSR count). The molecule has 0 fully saturated rings. The van der Waals surface area contributed by atoms with Gasteiger partial charge >= 0.3 is 6.03 Å². The van der Waals surface area contributed by atoms with Crippen LogP contribution in [0.1, 0.15) is 18.5 Å². The van der Waals surface area contributed by atoms with Crippen molar-refractivity contribution in [3.05, 3.63) is 54.1 Å². The second-order valence-electron chi connectivity index (χ2n) is 4.72. The lowest BCUT2D eigenvalue weighted by Gasteiger charge is -2.11. The molecule has 21 heavy (non-hydrogen) atoms. The van der Waals surface area contributed by atoms with Crippen LogP contribution in [0.3, 0.4) is 0 Å². The molecule has 0 aliphatic carbocycles. The van der Waals surface area contributed by atoms with Crippen LogP contribution in [0.5, 0.6) is 0 Å². The van der Waals surface area contributed by atoms with Gasteiger partial charge in [0, 0.05) is 22.3 Å². The number of hydrogen-bond donors (Lipinski definition) is 3. The molecule has 0 aliphatic rings. The van der Waals surface area contributed by atoms with Gasteiger partial charge in [-0.2, -0.15) is 0 Å². The van der Waals surface area contributed by atoms with Crippen LogP contribution in [0.2, 0.25) is 0 Å². The predicted octanol–water partition coefficient (Wildman–Crippen LogP) is 4.07. The first-order valence-electron chi connectivity index (χ1n) is 6.66. The van der Waals surface area contributed by atoms with E-state index < -0.39 is 0 Å². The SMILES string of the molecule is CSc1ccc(NC(=O)Nc2cccc(C(C)N)c2)cc1. The number of amides is 2. The van der Waals surface area contributed by atoms with Crippen molar-refractivity contribution in [2.24, 2.45) is 5.73 Å². The summed E-state index contributed by atoms with van der Waals surface area (Å²) in [6.07, 6.45) is 2.01. The van der Waals surface area contributed by atoms with Crippen LogP contribution < -0.4 is 16.4 Å². The molecule has 4 nitrogen and oxygen atoms in total. The lowest BCUT2D eigenvalue weighted by molar-refractivity contribution is 0.262. The monoisotopic (exact) mass is 301 g/mol. The number of urea groups is 1. The first kappa shape index (κ1) is 15.4. The normalized spacial score (nSPS) is 11.8. The van der Waals surface area contributed by atoms with E-state index in [4.69, 9.17) is 5.73 Å². The smallest absolute Gasteiger partial charge is 0.323 e. The highest BCUT2D eigenvalue weighted by Crippen LogP contribution is 2.18. The van der Waals surface area contributed by atoms with E-state index in [1.807, 2.05) is 61.7 Å². The van der Waals surface area contributed by atoms with Gasteiger partial charge in [-0.3, -0.25) is 0 Å². The van der Waals surface area contributed by atoms with Gasteiger partial charge in [-0.05, 0) is 55.1 Å². The van der Waals surface area contributed by atoms with Crippen molar-refractivity contribution in [3.8, 4) is 0 Å². The summed E-state index contributed by atoms with van der Waals surface area (Å²) >= 11 is 1.66. The maximum Gasteiger partial charge on any atom is 0.323 e. The number of carbonyl (C=O) groups excluding carboxylic acids is 1. The van der Waals surface area contributed by atoms with Crippen molar-refractivity contribution < 1.29 is 4.79 Å². The molecule has 1 atom stereocenters. The number of thioether (sulfide) groups is 1. The minimum absolute atomic E-state index is 0.0612. The van der Waals surface area contributed by atoms with Crippen molar-refractivity contribution in [3.63, 3.8) is 0 Å². The average Bonchev–Trinajstić information content (AvgIpc) is 2.48. The number of benzene rings is 2. The van der Waals surface area contributed by atoms with Gasteiger partial charge in [0.05, 0.1) is 0 Å². The van der Waals surface area contributed by atoms with Crippen LogP contribution in [-0.2, 0) is 0 Å². The zero-order valence-electron chi connectivity index (χ0n) is 12.1. The highest BCUT2D eigenvalue weighted by Gasteiger charge is 2.05. The fourth-order valence-electron chi connectivity index (χ4n) is 1.87. The number of anilines is 2. The van der Waals surface area contributed by atoms with Gasteiger partial charge in [-0.1, -0.05) is 12.1 Å². The van der Waals surface area contributed by atoms with Gasteiger partial charge in [0.1, 0.15) is 0 Å². The second kappa shape index (κ2) is 7.15. The standard InChI is InChI=1S/C16H19N3OS/c1-11(17)12-4-3-5-14(10-12)19-16(20)18-13-6-8-15(21-2)9-7-13/h3-11H,17H2,1-2H3,(H2,18,19,20). The molecule has 5 heteroatoms. The zero-order chi connectivity index (χ0) is 15.2. The minimum Gasteiger partial charge on any atom is -0.324 e. The van der Waals surface area contributed by atoms with Gasteiger partial charge in [-0.25, -0.2) is 4.79 Å². The number of carbonyl (C=O) groups is 1. The highest BCUT2D eigenvalue weighted by atomic mass is 32.2. The quantitative estimate of drug-likeness (QED) is 0.746. The van der Waals surface area contributed by atoms with Crippen molar-refractivity contribution in [2.75, 3.05) is 16.9 Å². The Kier molecular flexibility index (Phi) is 5.25. The maximum absolute atomic E-state index is 12.0. The first-order valence-corrected chi connectivity index (χ1v) is 7.88. The van der Waals surface area contributed by atoms with Crippen LogP contribution >= 0.6 is 11.8 Å². The van der Waals surface area contributed by atoms with Crippen LogP contribution in [0.4, 0.5) is 16.2 Å². The number of hydrogen-bond acceptors (Lipinski definition) is 3. The lowest BCUT2D eigenvalue weighted by Crippen LogP contribution is -2.19. The van der Waals surface area contributed by atoms with Crippen LogP contribution in [0.25, 0.3) is 0 Å². The number of rotatable bonds is 4. The summed E-state index contributed by atoms with van der Waals surface area (Å²) < 4.78 is 0. The largest absolute Gasteiger partial charge is 0.324 e. The van der Waals surface area contributed by atoms with Gasteiger partial charge in [0.15, 0.2) is 0 Å². The molecule has 0 saturated carbocycles. The molecule has 2 amide bonds. The predicted molar refractivity (Wildman–Crippen MR) is 89.9 cm³/mol. The van der Waals surface area contributed by atoms with E-state index in [-0.39, 0.29) is 12.1 Å². The molecule has 2 aromatic carbocycles. The Balaban J connectivity index is 1.99. The van der Waals surface area contributed by atoms with Crippen molar-refractivity contribution in [1.29, 1.82) is 0 Å². The molecule has 2 aromatic rings. The molecule has 0 aromatic heterocycles. The fraction of sp³-hybridized carbons (Fsp3) is 0.188. The van der Waals surface area contributed by atoms with Gasteiger partial charge in [-0.15, -0.1) is 11.8 Å². The summed E-state index contributed by atoms with van der Waals surface area (Å²) in [5, 5.41) is 5.60. The molecule has 110 valence electrons. The summed E-state index contributed by atoms with van der Waals surface area (Å²) in [7, 11) is 0. The Morgan fingerprint density at radius 3 is 2.38 bits per heavy atom. The van der Waals surface area contributed by atoms with E-state index in [0.717, 1.165) is 21.8 Å². The minimum atomic E-state index is -0.270. The summed E-state index contributed by atoms with van der Waals surface area (Å²) in [6, 6.07) is 14.9. The summed E-state index contributed by atoms with van der Waals surface area (Å²) in [5.41, 5.74) is 8.30. The molecule has 0 heterocycles. The molecule has 0 saturated heterocycles. The molecule has 0 radical (unpaired) electrons. The Labute approximate surface area is 129 Å². The van der Waals surface area contributed by atoms with E-state index in [2.05, 4.69) is 10.6 Å². The molecule has 0 aliphatic heterocycles. The summed E-state index contributed by atoms with van der Waals surface area (Å²) in [6.45, 7) is 1.91. The molecular weight excluding hydrogens is 282 g/mol. The Morgan fingerprint density at radius 1 is 1.10 bits per heavy atom. The lowest BCUT2D eigenvalue weighted by atomic mass is 10.1. The second-order valence-corrected chi connectivity index (χ2v) is 5.60. The third-order valence-electron chi connectivity index (χ3n) is 3.02. The van der Waals surface area contributed by atoms with E-state index in [1.54, 1.807) is 11.8 Å². The number of nitrogens with one attached hydrogen (secondary N) is 2. The Hall–Kier alpha value is -1.98. The summed E-state index contributed by atoms with van der Waals surface area (Å²) in [4.78, 5) is 13.1. The molecule has 0 bridgehead atoms. The van der Waals surface area contributed by atoms with E-state index >= 15 is 0 Å². The van der Waals surface area contributed by atoms with Crippen molar-refractivity contribution >= 4 is 29.2 Å². The highest BCUT2D eigenvalue weighted by molar-refractivity contribution is 7.98. The Bertz CT molecular complexity index is 611. The van der Waals surface area contributed by atoms with Gasteiger partial charge in [0.25, 0.3) is 0 Å². The zero-order valence-corrected chi connectivity index (χ0v) is 12.9. The number of nitrogens with two attached hydrogens (primary N) is 1. The van der Waals surface area contributed by atoms with E-state index in [0.29, 0.717) is 0 Å². The van der Waals surface area contributed by atoms with Gasteiger partial charge in [0.2, 0.25) is 0 Å². The van der Waals surface area contributed by atoms with Crippen LogP contribution in [-0.4, -0.2) is 12.3 Å². The Morgan fingerprint density at radius 2 is 1.76 bits per heavy atom. The fourth-order valence-corrected chi connectivity index (χ4v) is 2.28. The van der Waals surface area contributed by atoms with E-state index in [9.17, 15) is 4.79 Å². The molecule has 0 spiro atoms. The maximum atomic E-state index is 12.0. The first-order chi connectivity index (χ1) is 10.1. The molecule has 1 unspecified atom stereocenters. The average molecular weight is 301 g/mol. The van der Waals surface area contributed by atoms with Crippen molar-refractivity contribution in [2.45, 2.75) is 17.9 Å². The summed E-state index contributed by atoms with van der Waals surface area (Å²) in [5.74, 6) is 0. The van der Waals surface area contributed by atoms with Crippen molar-refractivity contribution in [1.82, 2.24) is 0 Å². The molecule has 4 N–H and O–H groups in total. The molecular formula is C16H19N3OS. The van der Waals surface area contributed by atoms with Gasteiger partial charge < -0.3 is 16.4 Å². The van der Waals surface area contributed by atoms with E-state index in [1.165, 1.54) is 0 Å². The topological polar surface area (TPSA) is 67.2 Å². The van der Waals surface area contributed by atoms with Crippen LogP contribution in [0.15, 0.2) is 53.4 Å². The third-order valence-corrected chi connectivity index (χ3v) is 3.76.